The first-order chi connectivity index (χ1) is 9.31. The topological polar surface area (TPSA) is 34.1 Å². The van der Waals surface area contributed by atoms with E-state index in [2.05, 4.69) is 22.4 Å². The van der Waals surface area contributed by atoms with Gasteiger partial charge in [-0.1, -0.05) is 23.7 Å². The van der Waals surface area contributed by atoms with Crippen LogP contribution in [0.5, 0.6) is 5.75 Å². The maximum Gasteiger partial charge on any atom is 0.142 e. The van der Waals surface area contributed by atoms with Crippen molar-refractivity contribution in [2.45, 2.75) is 19.0 Å². The maximum atomic E-state index is 5.89. The average molecular weight is 275 g/mol. The fraction of sp³-hybridized carbons (Fsp3) is 0.267. The lowest BCUT2D eigenvalue weighted by molar-refractivity contribution is 0.276. The van der Waals surface area contributed by atoms with E-state index in [1.165, 1.54) is 5.56 Å². The van der Waals surface area contributed by atoms with Crippen LogP contribution in [0.3, 0.4) is 0 Å². The van der Waals surface area contributed by atoms with Gasteiger partial charge in [0.2, 0.25) is 0 Å². The second kappa shape index (κ2) is 5.59. The number of pyridine rings is 1. The summed E-state index contributed by atoms with van der Waals surface area (Å²) in [6.45, 7) is 1.47. The molecule has 4 heteroatoms. The summed E-state index contributed by atoms with van der Waals surface area (Å²) in [4.78, 5) is 4.09. The molecule has 3 rings (SSSR count). The fourth-order valence-corrected chi connectivity index (χ4v) is 2.35. The molecule has 0 saturated heterocycles. The molecule has 1 aromatic carbocycles. The number of rotatable bonds is 2. The molecule has 1 aliphatic heterocycles. The minimum atomic E-state index is 0.300. The molecule has 3 nitrogen and oxygen atoms in total. The van der Waals surface area contributed by atoms with Gasteiger partial charge in [0, 0.05) is 29.4 Å². The number of ether oxygens (including phenoxy) is 1. The van der Waals surface area contributed by atoms with Gasteiger partial charge in [-0.25, -0.2) is 0 Å². The number of nitrogens with one attached hydrogen (secondary N) is 1. The molecule has 0 aliphatic carbocycles. The average Bonchev–Trinajstić information content (AvgIpc) is 2.64. The van der Waals surface area contributed by atoms with Crippen LogP contribution in [-0.2, 0) is 13.0 Å². The molecule has 0 fully saturated rings. The molecule has 0 bridgehead atoms. The van der Waals surface area contributed by atoms with Crippen LogP contribution in [0.25, 0.3) is 0 Å². The van der Waals surface area contributed by atoms with Gasteiger partial charge < -0.3 is 10.1 Å². The number of nitrogens with zero attached hydrogens (tertiary/aromatic N) is 1. The van der Waals surface area contributed by atoms with Gasteiger partial charge in [0.15, 0.2) is 0 Å². The molecular weight excluding hydrogens is 260 g/mol. The van der Waals surface area contributed by atoms with Crippen LogP contribution in [0.1, 0.15) is 11.1 Å². The molecule has 2 aromatic rings. The quantitative estimate of drug-likeness (QED) is 0.914. The van der Waals surface area contributed by atoms with Crippen LogP contribution in [-0.4, -0.2) is 17.6 Å². The lowest BCUT2D eigenvalue weighted by Crippen LogP contribution is -2.34. The van der Waals surface area contributed by atoms with Gasteiger partial charge in [-0.3, -0.25) is 4.98 Å². The Labute approximate surface area is 117 Å². The Balaban J connectivity index is 1.67. The molecule has 0 saturated carbocycles. The Kier molecular flexibility index (Phi) is 3.67. The second-order valence-corrected chi connectivity index (χ2v) is 5.14. The van der Waals surface area contributed by atoms with Crippen molar-refractivity contribution in [3.63, 3.8) is 0 Å². The zero-order valence-electron chi connectivity index (χ0n) is 10.5. The molecule has 1 aliphatic rings. The van der Waals surface area contributed by atoms with Gasteiger partial charge in [-0.2, -0.15) is 0 Å². The fourth-order valence-electron chi connectivity index (χ4n) is 2.22. The Morgan fingerprint density at radius 3 is 2.95 bits per heavy atom. The van der Waals surface area contributed by atoms with Crippen molar-refractivity contribution in [1.29, 1.82) is 0 Å². The maximum absolute atomic E-state index is 5.89. The highest BCUT2D eigenvalue weighted by Crippen LogP contribution is 2.20. The summed E-state index contributed by atoms with van der Waals surface area (Å²) in [7, 11) is 0. The standard InChI is InChI=1S/C15H15ClN2O/c16-13-3-1-11(2-4-13)7-14-10-19-15-9-17-6-5-12(15)8-18-14/h1-6,9,14,18H,7-8,10H2. The van der Waals surface area contributed by atoms with E-state index in [1.807, 2.05) is 18.2 Å². The zero-order chi connectivity index (χ0) is 13.1. The number of hydrogen-bond donors (Lipinski definition) is 1. The number of benzene rings is 1. The summed E-state index contributed by atoms with van der Waals surface area (Å²) in [5.74, 6) is 0.883. The van der Waals surface area contributed by atoms with Crippen LogP contribution < -0.4 is 10.1 Å². The second-order valence-electron chi connectivity index (χ2n) is 4.70. The SMILES string of the molecule is Clc1ccc(CC2COc3cnccc3CN2)cc1. The van der Waals surface area contributed by atoms with Gasteiger partial charge in [-0.05, 0) is 30.2 Å². The van der Waals surface area contributed by atoms with Gasteiger partial charge in [0.25, 0.3) is 0 Å². The van der Waals surface area contributed by atoms with Crippen LogP contribution in [0.15, 0.2) is 42.7 Å². The molecule has 19 heavy (non-hydrogen) atoms. The van der Waals surface area contributed by atoms with Crippen molar-refractivity contribution >= 4 is 11.6 Å². The minimum Gasteiger partial charge on any atom is -0.490 e. The predicted octanol–water partition coefficient (Wildman–Crippen LogP) is 2.83. The summed E-state index contributed by atoms with van der Waals surface area (Å²) in [5.41, 5.74) is 2.42. The van der Waals surface area contributed by atoms with Crippen LogP contribution in [0.2, 0.25) is 5.02 Å². The monoisotopic (exact) mass is 274 g/mol. The lowest BCUT2D eigenvalue weighted by atomic mass is 10.1. The summed E-state index contributed by atoms with van der Waals surface area (Å²) >= 11 is 5.89. The number of halogens is 1. The normalized spacial score (nSPS) is 18.3. The summed E-state index contributed by atoms with van der Waals surface area (Å²) in [6, 6.07) is 10.3. The Morgan fingerprint density at radius 2 is 2.11 bits per heavy atom. The van der Waals surface area contributed by atoms with Crippen LogP contribution >= 0.6 is 11.6 Å². The van der Waals surface area contributed by atoms with E-state index in [-0.39, 0.29) is 0 Å². The van der Waals surface area contributed by atoms with Crippen molar-refractivity contribution in [1.82, 2.24) is 10.3 Å². The minimum absolute atomic E-state index is 0.300. The van der Waals surface area contributed by atoms with Crippen molar-refractivity contribution < 1.29 is 4.74 Å². The highest BCUT2D eigenvalue weighted by molar-refractivity contribution is 6.30. The Hall–Kier alpha value is -1.58. The molecule has 1 unspecified atom stereocenters. The summed E-state index contributed by atoms with van der Waals surface area (Å²) < 4.78 is 5.81. The third kappa shape index (κ3) is 3.06. The molecule has 98 valence electrons. The van der Waals surface area contributed by atoms with Gasteiger partial charge >= 0.3 is 0 Å². The van der Waals surface area contributed by atoms with Gasteiger partial charge in [0.1, 0.15) is 12.4 Å². The first-order valence-electron chi connectivity index (χ1n) is 6.35. The molecule has 1 aromatic heterocycles. The van der Waals surface area contributed by atoms with Crippen molar-refractivity contribution in [2.75, 3.05) is 6.61 Å². The summed E-state index contributed by atoms with van der Waals surface area (Å²) in [6.07, 6.45) is 4.50. The van der Waals surface area contributed by atoms with Crippen LogP contribution in [0.4, 0.5) is 0 Å². The van der Waals surface area contributed by atoms with Crippen LogP contribution in [0, 0.1) is 0 Å². The molecule has 0 spiro atoms. The van der Waals surface area contributed by atoms with E-state index < -0.39 is 0 Å². The molecule has 2 heterocycles. The first kappa shape index (κ1) is 12.5. The molecule has 1 atom stereocenters. The first-order valence-corrected chi connectivity index (χ1v) is 6.72. The number of aromatic nitrogens is 1. The van der Waals surface area contributed by atoms with E-state index in [1.54, 1.807) is 12.4 Å². The smallest absolute Gasteiger partial charge is 0.142 e. The zero-order valence-corrected chi connectivity index (χ0v) is 11.2. The van der Waals surface area contributed by atoms with Gasteiger partial charge in [-0.15, -0.1) is 0 Å². The van der Waals surface area contributed by atoms with E-state index >= 15 is 0 Å². The largest absolute Gasteiger partial charge is 0.490 e. The van der Waals surface area contributed by atoms with E-state index in [0.717, 1.165) is 29.3 Å². The lowest BCUT2D eigenvalue weighted by Gasteiger charge is -2.15. The van der Waals surface area contributed by atoms with E-state index in [9.17, 15) is 0 Å². The third-order valence-corrected chi connectivity index (χ3v) is 3.54. The molecule has 1 N–H and O–H groups in total. The number of hydrogen-bond acceptors (Lipinski definition) is 3. The predicted molar refractivity (Wildman–Crippen MR) is 75.5 cm³/mol. The summed E-state index contributed by atoms with van der Waals surface area (Å²) in [5, 5.41) is 4.29. The van der Waals surface area contributed by atoms with E-state index in [4.69, 9.17) is 16.3 Å². The molecule has 0 radical (unpaired) electrons. The molecular formula is C15H15ClN2O. The van der Waals surface area contributed by atoms with Gasteiger partial charge in [0.05, 0.1) is 6.20 Å². The van der Waals surface area contributed by atoms with E-state index in [0.29, 0.717) is 12.6 Å². The van der Waals surface area contributed by atoms with Crippen molar-refractivity contribution in [3.05, 3.63) is 58.9 Å². The van der Waals surface area contributed by atoms with Crippen molar-refractivity contribution in [2.24, 2.45) is 0 Å². The number of fused-ring (bicyclic) bond motifs is 1. The third-order valence-electron chi connectivity index (χ3n) is 3.29. The Morgan fingerprint density at radius 1 is 1.26 bits per heavy atom. The van der Waals surface area contributed by atoms with Crippen molar-refractivity contribution in [3.8, 4) is 5.75 Å². The molecule has 0 amide bonds. The Bertz CT molecular complexity index is 529. The highest BCUT2D eigenvalue weighted by Gasteiger charge is 2.16. The highest BCUT2D eigenvalue weighted by atomic mass is 35.5.